The average Bonchev–Trinajstić information content (AvgIpc) is 2.63. The Kier molecular flexibility index (Phi) is 5.93. The van der Waals surface area contributed by atoms with Gasteiger partial charge < -0.3 is 4.74 Å². The highest BCUT2D eigenvalue weighted by molar-refractivity contribution is 5.86. The van der Waals surface area contributed by atoms with Crippen molar-refractivity contribution in [1.29, 1.82) is 0 Å². The molecule has 1 saturated carbocycles. The third-order valence-electron chi connectivity index (χ3n) is 5.23. The molecule has 2 aromatic rings. The Morgan fingerprint density at radius 1 is 0.963 bits per heavy atom. The number of hydrogen-bond donors (Lipinski definition) is 0. The van der Waals surface area contributed by atoms with Crippen LogP contribution in [0.15, 0.2) is 48.6 Å². The minimum absolute atomic E-state index is 0.353. The molecular formula is C23H25F3O. The van der Waals surface area contributed by atoms with Gasteiger partial charge in [0.15, 0.2) is 11.6 Å². The number of fused-ring (bicyclic) bond motifs is 1. The molecule has 0 aliphatic heterocycles. The van der Waals surface area contributed by atoms with Gasteiger partial charge in [-0.3, -0.25) is 0 Å². The van der Waals surface area contributed by atoms with Gasteiger partial charge in [-0.2, -0.15) is 8.78 Å². The van der Waals surface area contributed by atoms with E-state index in [-0.39, 0.29) is 5.75 Å². The fourth-order valence-electron chi connectivity index (χ4n) is 3.79. The van der Waals surface area contributed by atoms with E-state index in [2.05, 4.69) is 6.08 Å². The van der Waals surface area contributed by atoms with Crippen molar-refractivity contribution >= 4 is 16.8 Å². The van der Waals surface area contributed by atoms with Gasteiger partial charge in [-0.15, -0.1) is 0 Å². The molecule has 2 aromatic carbocycles. The van der Waals surface area contributed by atoms with Crippen LogP contribution in [0.25, 0.3) is 16.8 Å². The first-order valence-electron chi connectivity index (χ1n) is 9.48. The van der Waals surface area contributed by atoms with E-state index in [0.29, 0.717) is 42.4 Å². The van der Waals surface area contributed by atoms with Gasteiger partial charge in [0.25, 0.3) is 0 Å². The van der Waals surface area contributed by atoms with Gasteiger partial charge in [0.05, 0.1) is 5.92 Å². The molecule has 0 radical (unpaired) electrons. The Morgan fingerprint density at radius 3 is 2.37 bits per heavy atom. The third-order valence-corrected chi connectivity index (χ3v) is 5.23. The summed E-state index contributed by atoms with van der Waals surface area (Å²) in [4.78, 5) is 0. The predicted molar refractivity (Wildman–Crippen MR) is 104 cm³/mol. The smallest absolute Gasteiger partial charge is 0.400 e. The largest absolute Gasteiger partial charge is 0.429 e. The molecule has 1 aliphatic carbocycles. The molecule has 144 valence electrons. The summed E-state index contributed by atoms with van der Waals surface area (Å²) in [5.41, 5.74) is 0.932. The molecule has 1 nitrogen and oxygen atoms in total. The van der Waals surface area contributed by atoms with E-state index in [0.717, 1.165) is 5.56 Å². The molecule has 0 amide bonds. The minimum Gasteiger partial charge on any atom is -0.429 e. The number of alkyl halides is 2. The lowest BCUT2D eigenvalue weighted by molar-refractivity contribution is -0.224. The van der Waals surface area contributed by atoms with Gasteiger partial charge >= 0.3 is 6.11 Å². The summed E-state index contributed by atoms with van der Waals surface area (Å²) in [7, 11) is 0. The Morgan fingerprint density at radius 2 is 1.70 bits per heavy atom. The van der Waals surface area contributed by atoms with E-state index >= 15 is 0 Å². The average molecular weight is 374 g/mol. The molecule has 0 spiro atoms. The normalized spacial score (nSPS) is 21.4. The third kappa shape index (κ3) is 4.55. The van der Waals surface area contributed by atoms with E-state index in [9.17, 15) is 13.2 Å². The van der Waals surface area contributed by atoms with Crippen LogP contribution in [0.4, 0.5) is 13.2 Å². The van der Waals surface area contributed by atoms with Crippen LogP contribution in [-0.4, -0.2) is 6.11 Å². The summed E-state index contributed by atoms with van der Waals surface area (Å²) in [6, 6.07) is 8.10. The van der Waals surface area contributed by atoms with Crippen LogP contribution >= 0.6 is 0 Å². The Balaban J connectivity index is 1.78. The van der Waals surface area contributed by atoms with Gasteiger partial charge in [-0.05, 0) is 80.0 Å². The number of ether oxygens (including phenoxy) is 1. The maximum atomic E-state index is 14.6. The summed E-state index contributed by atoms with van der Waals surface area (Å²) in [6.07, 6.45) is 6.63. The summed E-state index contributed by atoms with van der Waals surface area (Å²) >= 11 is 0. The number of rotatable bonds is 5. The number of hydrogen-bond acceptors (Lipinski definition) is 1. The van der Waals surface area contributed by atoms with Crippen LogP contribution in [0.2, 0.25) is 0 Å². The second-order valence-electron chi connectivity index (χ2n) is 7.19. The second-order valence-corrected chi connectivity index (χ2v) is 7.19. The Hall–Kier alpha value is -2.23. The lowest BCUT2D eigenvalue weighted by atomic mass is 9.81. The Bertz CT molecular complexity index is 846. The minimum atomic E-state index is -3.37. The van der Waals surface area contributed by atoms with Gasteiger partial charge in [0.2, 0.25) is 0 Å². The van der Waals surface area contributed by atoms with Gasteiger partial charge in [-0.1, -0.05) is 36.4 Å². The van der Waals surface area contributed by atoms with E-state index < -0.39 is 17.8 Å². The highest BCUT2D eigenvalue weighted by Gasteiger charge is 2.44. The Labute approximate surface area is 158 Å². The summed E-state index contributed by atoms with van der Waals surface area (Å²) in [5, 5.41) is 1.33. The van der Waals surface area contributed by atoms with Crippen molar-refractivity contribution in [3.05, 3.63) is 59.9 Å². The van der Waals surface area contributed by atoms with Crippen molar-refractivity contribution in [3.8, 4) is 5.75 Å². The molecule has 0 bridgehead atoms. The maximum Gasteiger partial charge on any atom is 0.400 e. The fraction of sp³-hybridized carbons (Fsp3) is 0.391. The zero-order chi connectivity index (χ0) is 19.4. The number of benzene rings is 2. The lowest BCUT2D eigenvalue weighted by Crippen LogP contribution is -2.37. The summed E-state index contributed by atoms with van der Waals surface area (Å²) in [6.45, 7) is 3.84. The van der Waals surface area contributed by atoms with Crippen LogP contribution in [0.1, 0.15) is 45.1 Å². The molecule has 0 atom stereocenters. The molecule has 0 unspecified atom stereocenters. The molecule has 0 N–H and O–H groups in total. The molecule has 0 heterocycles. The van der Waals surface area contributed by atoms with Crippen LogP contribution < -0.4 is 4.74 Å². The van der Waals surface area contributed by atoms with Gasteiger partial charge in [-0.25, -0.2) is 4.39 Å². The van der Waals surface area contributed by atoms with Crippen LogP contribution in [0.3, 0.4) is 0 Å². The molecule has 0 aromatic heterocycles. The van der Waals surface area contributed by atoms with E-state index in [4.69, 9.17) is 4.74 Å². The van der Waals surface area contributed by atoms with Crippen LogP contribution in [0.5, 0.6) is 5.75 Å². The monoisotopic (exact) mass is 374 g/mol. The van der Waals surface area contributed by atoms with Crippen molar-refractivity contribution in [2.24, 2.45) is 11.8 Å². The van der Waals surface area contributed by atoms with Crippen molar-refractivity contribution in [1.82, 2.24) is 0 Å². The van der Waals surface area contributed by atoms with Crippen molar-refractivity contribution in [2.75, 3.05) is 0 Å². The maximum absolute atomic E-state index is 14.6. The van der Waals surface area contributed by atoms with E-state index in [1.54, 1.807) is 6.07 Å². The first-order valence-corrected chi connectivity index (χ1v) is 9.48. The van der Waals surface area contributed by atoms with Crippen molar-refractivity contribution in [2.45, 2.75) is 45.6 Å². The summed E-state index contributed by atoms with van der Waals surface area (Å²) in [5.74, 6) is -1.68. The molecule has 1 fully saturated rings. The first kappa shape index (κ1) is 19.5. The standard InChI is InChI=1S/C23H25F3O/c1-3-5-16-8-11-20(12-9-16)23(25,26)27-22-15-18-10-7-17(6-4-2)13-19(18)14-21(22)24/h3-7,10,13-16,20H,8-9,11-12H2,1-2H3/b5-3+,6-4+. The lowest BCUT2D eigenvalue weighted by Gasteiger charge is -2.32. The fourth-order valence-corrected chi connectivity index (χ4v) is 3.79. The number of halogens is 3. The van der Waals surface area contributed by atoms with Gasteiger partial charge in [0, 0.05) is 0 Å². The zero-order valence-electron chi connectivity index (χ0n) is 15.7. The molecule has 27 heavy (non-hydrogen) atoms. The first-order chi connectivity index (χ1) is 12.9. The van der Waals surface area contributed by atoms with Crippen molar-refractivity contribution in [3.63, 3.8) is 0 Å². The van der Waals surface area contributed by atoms with Crippen LogP contribution in [0, 0.1) is 17.7 Å². The summed E-state index contributed by atoms with van der Waals surface area (Å²) < 4.78 is 48.6. The highest BCUT2D eigenvalue weighted by Crippen LogP contribution is 2.41. The van der Waals surface area contributed by atoms with Gasteiger partial charge in [0.1, 0.15) is 0 Å². The molecule has 4 heteroatoms. The van der Waals surface area contributed by atoms with E-state index in [1.807, 2.05) is 44.2 Å². The number of allylic oxidation sites excluding steroid dienone is 3. The topological polar surface area (TPSA) is 9.23 Å². The van der Waals surface area contributed by atoms with E-state index in [1.165, 1.54) is 12.1 Å². The molecule has 3 rings (SSSR count). The quantitative estimate of drug-likeness (QED) is 0.497. The molecule has 1 aliphatic rings. The predicted octanol–water partition coefficient (Wildman–Crippen LogP) is 7.37. The SMILES string of the molecule is C/C=C/c1ccc2cc(OC(F)(F)C3CCC(/C=C/C)CC3)c(F)cc2c1. The molecular weight excluding hydrogens is 349 g/mol. The van der Waals surface area contributed by atoms with Crippen LogP contribution in [-0.2, 0) is 0 Å². The van der Waals surface area contributed by atoms with Crippen molar-refractivity contribution < 1.29 is 17.9 Å². The molecule has 0 saturated heterocycles. The zero-order valence-corrected chi connectivity index (χ0v) is 15.7. The second kappa shape index (κ2) is 8.20. The highest BCUT2D eigenvalue weighted by atomic mass is 19.3.